The van der Waals surface area contributed by atoms with Crippen molar-refractivity contribution in [2.75, 3.05) is 0 Å². The molecule has 0 fully saturated rings. The van der Waals surface area contributed by atoms with Crippen LogP contribution in [0.2, 0.25) is 0 Å². The molecule has 192 valence electrons. The topological polar surface area (TPSA) is 0 Å². The second-order valence-corrected chi connectivity index (χ2v) is 5.54. The molecule has 0 bridgehead atoms. The van der Waals surface area contributed by atoms with Gasteiger partial charge < -0.3 is 0 Å². The van der Waals surface area contributed by atoms with Gasteiger partial charge in [-0.15, -0.1) is 0 Å². The molecule has 0 aromatic carbocycles. The summed E-state index contributed by atoms with van der Waals surface area (Å²) in [5, 5.41) is 0. The van der Waals surface area contributed by atoms with Gasteiger partial charge in [0, 0.05) is 0 Å². The van der Waals surface area contributed by atoms with Gasteiger partial charge in [0.1, 0.15) is 0 Å². The first-order valence-corrected chi connectivity index (χ1v) is 10.1. The quantitative estimate of drug-likeness (QED) is 0.377. The van der Waals surface area contributed by atoms with Gasteiger partial charge >= 0.3 is 0 Å². The molecule has 0 aliphatic carbocycles. The maximum absolute atomic E-state index is 2.23. The van der Waals surface area contributed by atoms with Crippen LogP contribution in [-0.2, 0) is 0 Å². The van der Waals surface area contributed by atoms with E-state index in [1.165, 1.54) is 70.6 Å². The first kappa shape index (κ1) is 79.7. The second kappa shape index (κ2) is 151. The predicted octanol–water partition coefficient (Wildman–Crippen LogP) is 13.9. The summed E-state index contributed by atoms with van der Waals surface area (Å²) in [5.41, 5.74) is 0. The van der Waals surface area contributed by atoms with E-state index in [1.54, 1.807) is 0 Å². The van der Waals surface area contributed by atoms with E-state index in [0.717, 1.165) is 0 Å². The molecule has 0 aliphatic rings. The van der Waals surface area contributed by atoms with Crippen LogP contribution in [0, 0.1) is 0 Å². The fourth-order valence-electron chi connectivity index (χ4n) is 1.000. The summed E-state index contributed by atoms with van der Waals surface area (Å²) in [6.07, 6.45) is 14.8. The average molecular weight is 417 g/mol. The van der Waals surface area contributed by atoms with Crippen LogP contribution in [0.25, 0.3) is 0 Å². The Bertz CT molecular complexity index is 55.4. The van der Waals surface area contributed by atoms with Crippen molar-refractivity contribution >= 4 is 0 Å². The van der Waals surface area contributed by atoms with Crippen molar-refractivity contribution in [1.29, 1.82) is 0 Å². The Balaban J connectivity index is -0.0000000111. The van der Waals surface area contributed by atoms with E-state index in [4.69, 9.17) is 0 Å². The molecule has 0 N–H and O–H groups in total. The van der Waals surface area contributed by atoms with Crippen LogP contribution in [0.3, 0.4) is 0 Å². The van der Waals surface area contributed by atoms with E-state index >= 15 is 0 Å². The molecule has 0 radical (unpaired) electrons. The third-order valence-corrected chi connectivity index (χ3v) is 1.91. The van der Waals surface area contributed by atoms with E-state index in [0.29, 0.717) is 0 Å². The van der Waals surface area contributed by atoms with Crippen molar-refractivity contribution in [2.24, 2.45) is 0 Å². The fourth-order valence-corrected chi connectivity index (χ4v) is 1.000. The van der Waals surface area contributed by atoms with Crippen molar-refractivity contribution in [1.82, 2.24) is 0 Å². The Morgan fingerprint density at radius 3 is 0.357 bits per heavy atom. The van der Waals surface area contributed by atoms with Crippen molar-refractivity contribution in [3.63, 3.8) is 0 Å². The molecular weight excluding hydrogens is 336 g/mol. The summed E-state index contributed by atoms with van der Waals surface area (Å²) in [6, 6.07) is 0. The second-order valence-electron chi connectivity index (χ2n) is 5.54. The molecule has 0 amide bonds. The molecular formula is C28H80. The van der Waals surface area contributed by atoms with Gasteiger partial charge in [-0.3, -0.25) is 0 Å². The van der Waals surface area contributed by atoms with Gasteiger partial charge in [-0.1, -0.05) is 192 Å². The van der Waals surface area contributed by atoms with E-state index in [2.05, 4.69) is 69.2 Å². The monoisotopic (exact) mass is 417 g/mol. The average Bonchev–Trinajstić information content (AvgIpc) is 2.46. The van der Waals surface area contributed by atoms with Crippen LogP contribution < -0.4 is 0 Å². The molecule has 0 heterocycles. The molecule has 0 rings (SSSR count). The third kappa shape index (κ3) is 451. The maximum Gasteiger partial charge on any atom is -0.0536 e. The van der Waals surface area contributed by atoms with Gasteiger partial charge in [-0.05, 0) is 0 Å². The van der Waals surface area contributed by atoms with Gasteiger partial charge in [0.25, 0.3) is 0 Å². The molecule has 28 heavy (non-hydrogen) atoms. The lowest BCUT2D eigenvalue weighted by Gasteiger charge is -1.86. The molecule has 0 heteroatoms. The van der Waals surface area contributed by atoms with Crippen LogP contribution >= 0.6 is 0 Å². The molecule has 0 saturated carbocycles. The first-order chi connectivity index (χ1) is 10.1. The van der Waals surface area contributed by atoms with Crippen molar-refractivity contribution in [3.8, 4) is 0 Å². The highest BCUT2D eigenvalue weighted by Gasteiger charge is 1.75. The Kier molecular flexibility index (Phi) is 430. The van der Waals surface area contributed by atoms with Gasteiger partial charge in [0.15, 0.2) is 0 Å². The Morgan fingerprint density at radius 1 is 0.250 bits per heavy atom. The number of hydrogen-bond donors (Lipinski definition) is 0. The SMILES string of the molecule is C.C.C.C.C.C.C.CCC.CCC.CCC.CCCCCC.CCCCCC. The van der Waals surface area contributed by atoms with Gasteiger partial charge in [0.05, 0.1) is 0 Å². The summed E-state index contributed by atoms with van der Waals surface area (Å²) in [6.45, 7) is 21.7. The largest absolute Gasteiger partial charge is 0.0776 e. The van der Waals surface area contributed by atoms with E-state index < -0.39 is 0 Å². The minimum absolute atomic E-state index is 0. The van der Waals surface area contributed by atoms with Gasteiger partial charge in [-0.25, -0.2) is 0 Å². The summed E-state index contributed by atoms with van der Waals surface area (Å²) in [5.74, 6) is 0. The summed E-state index contributed by atoms with van der Waals surface area (Å²) >= 11 is 0. The lowest BCUT2D eigenvalue weighted by molar-refractivity contribution is 0.702. The summed E-state index contributed by atoms with van der Waals surface area (Å²) < 4.78 is 0. The van der Waals surface area contributed by atoms with E-state index in [9.17, 15) is 0 Å². The zero-order valence-corrected chi connectivity index (χ0v) is 17.8. The third-order valence-electron chi connectivity index (χ3n) is 1.91. The maximum atomic E-state index is 2.23. The lowest BCUT2D eigenvalue weighted by Crippen LogP contribution is -1.66. The Labute approximate surface area is 192 Å². The number of rotatable bonds is 6. The molecule has 0 unspecified atom stereocenters. The van der Waals surface area contributed by atoms with Crippen LogP contribution in [0.4, 0.5) is 0 Å². The molecule has 0 nitrogen and oxygen atoms in total. The molecule has 0 atom stereocenters. The molecule has 0 saturated heterocycles. The van der Waals surface area contributed by atoms with Crippen molar-refractivity contribution in [2.45, 2.75) is 192 Å². The zero-order valence-electron chi connectivity index (χ0n) is 17.8. The Morgan fingerprint density at radius 2 is 0.321 bits per heavy atom. The van der Waals surface area contributed by atoms with Crippen LogP contribution in [0.5, 0.6) is 0 Å². The fraction of sp³-hybridized carbons (Fsp3) is 1.00. The minimum atomic E-state index is 0. The minimum Gasteiger partial charge on any atom is -0.0776 e. The van der Waals surface area contributed by atoms with Crippen molar-refractivity contribution < 1.29 is 0 Å². The smallest absolute Gasteiger partial charge is 0.0536 e. The predicted molar refractivity (Wildman–Crippen MR) is 155 cm³/mol. The van der Waals surface area contributed by atoms with E-state index in [-0.39, 0.29) is 52.0 Å². The van der Waals surface area contributed by atoms with Crippen molar-refractivity contribution in [3.05, 3.63) is 0 Å². The van der Waals surface area contributed by atoms with Crippen LogP contribution in [0.15, 0.2) is 0 Å². The molecule has 0 aromatic rings. The van der Waals surface area contributed by atoms with Gasteiger partial charge in [0.2, 0.25) is 0 Å². The zero-order chi connectivity index (χ0) is 17.8. The lowest BCUT2D eigenvalue weighted by atomic mass is 10.2. The van der Waals surface area contributed by atoms with Gasteiger partial charge in [-0.2, -0.15) is 0 Å². The normalized spacial score (nSPS) is 5.79. The molecule has 0 aromatic heterocycles. The standard InChI is InChI=1S/2C6H14.3C3H8.7CH4/c2*1-3-5-6-4-2;3*1-3-2;;;;;;;/h2*3-6H2,1-2H3;3*3H2,1-2H3;7*1H4. The first-order valence-electron chi connectivity index (χ1n) is 10.1. The van der Waals surface area contributed by atoms with E-state index in [1.807, 2.05) is 0 Å². The number of hydrogen-bond acceptors (Lipinski definition) is 0. The molecule has 0 spiro atoms. The summed E-state index contributed by atoms with van der Waals surface area (Å²) in [7, 11) is 0. The highest BCUT2D eigenvalue weighted by Crippen LogP contribution is 1.95. The Hall–Kier alpha value is 0. The van der Waals surface area contributed by atoms with Crippen LogP contribution in [-0.4, -0.2) is 0 Å². The van der Waals surface area contributed by atoms with Crippen LogP contribution in [0.1, 0.15) is 192 Å². The molecule has 0 aliphatic heterocycles. The summed E-state index contributed by atoms with van der Waals surface area (Å²) in [4.78, 5) is 0. The number of unbranched alkanes of at least 4 members (excludes halogenated alkanes) is 6. The highest BCUT2D eigenvalue weighted by atomic mass is 13.8. The highest BCUT2D eigenvalue weighted by molar-refractivity contribution is 4.31.